The highest BCUT2D eigenvalue weighted by Crippen LogP contribution is 2.25. The zero-order valence-electron chi connectivity index (χ0n) is 12.0. The average Bonchev–Trinajstić information content (AvgIpc) is 2.88. The first-order chi connectivity index (χ1) is 8.74. The third-order valence-electron chi connectivity index (χ3n) is 4.65. The monoisotopic (exact) mass is 252 g/mol. The molecular weight excluding hydrogens is 224 g/mol. The lowest BCUT2D eigenvalue weighted by Gasteiger charge is -2.33. The maximum atomic E-state index is 12.4. The number of hydrogen-bond donors (Lipinski definition) is 0. The van der Waals surface area contributed by atoms with E-state index in [1.54, 1.807) is 0 Å². The molecule has 0 aromatic carbocycles. The second kappa shape index (κ2) is 6.55. The Morgan fingerprint density at radius 1 is 1.11 bits per heavy atom. The van der Waals surface area contributed by atoms with Gasteiger partial charge in [-0.15, -0.1) is 0 Å². The van der Waals surface area contributed by atoms with E-state index in [2.05, 4.69) is 23.6 Å². The molecule has 0 aromatic heterocycles. The van der Waals surface area contributed by atoms with Crippen LogP contribution in [0, 0.1) is 11.8 Å². The lowest BCUT2D eigenvalue weighted by atomic mass is 9.95. The van der Waals surface area contributed by atoms with Crippen molar-refractivity contribution < 1.29 is 4.79 Å². The van der Waals surface area contributed by atoms with Crippen molar-refractivity contribution in [2.75, 3.05) is 32.7 Å². The molecule has 3 nitrogen and oxygen atoms in total. The zero-order chi connectivity index (χ0) is 13.0. The number of rotatable bonds is 4. The Kier molecular flexibility index (Phi) is 5.04. The second-order valence-electron chi connectivity index (χ2n) is 5.96. The zero-order valence-corrected chi connectivity index (χ0v) is 12.0. The molecule has 2 fully saturated rings. The molecule has 0 radical (unpaired) electrons. The van der Waals surface area contributed by atoms with Gasteiger partial charge in [0.05, 0.1) is 0 Å². The van der Waals surface area contributed by atoms with Gasteiger partial charge < -0.3 is 9.80 Å². The van der Waals surface area contributed by atoms with E-state index >= 15 is 0 Å². The first-order valence-electron chi connectivity index (χ1n) is 7.75. The molecule has 0 aromatic rings. The number of nitrogens with zero attached hydrogens (tertiary/aromatic N) is 2. The lowest BCUT2D eigenvalue weighted by molar-refractivity contribution is -0.136. The molecule has 104 valence electrons. The fourth-order valence-corrected chi connectivity index (χ4v) is 3.34. The summed E-state index contributed by atoms with van der Waals surface area (Å²) in [6.07, 6.45) is 5.82. The standard InChI is InChI=1S/C15H28N2O/c1-3-8-16-9-6-14(7-10-16)15(18)17-11-5-13(4-2)12-17/h13-14H,3-12H2,1-2H3. The summed E-state index contributed by atoms with van der Waals surface area (Å²) in [7, 11) is 0. The molecule has 2 heterocycles. The van der Waals surface area contributed by atoms with E-state index in [0.29, 0.717) is 11.8 Å². The molecule has 3 heteroatoms. The van der Waals surface area contributed by atoms with Gasteiger partial charge in [-0.3, -0.25) is 4.79 Å². The molecule has 18 heavy (non-hydrogen) atoms. The van der Waals surface area contributed by atoms with E-state index in [1.807, 2.05) is 0 Å². The third kappa shape index (κ3) is 3.25. The highest BCUT2D eigenvalue weighted by atomic mass is 16.2. The van der Waals surface area contributed by atoms with Crippen molar-refractivity contribution in [2.45, 2.75) is 46.0 Å². The fraction of sp³-hybridized carbons (Fsp3) is 0.933. The fourth-order valence-electron chi connectivity index (χ4n) is 3.34. The minimum Gasteiger partial charge on any atom is -0.342 e. The molecular formula is C15H28N2O. The number of likely N-dealkylation sites (tertiary alicyclic amines) is 2. The summed E-state index contributed by atoms with van der Waals surface area (Å²) in [6.45, 7) is 9.93. The van der Waals surface area contributed by atoms with Crippen LogP contribution in [0.5, 0.6) is 0 Å². The van der Waals surface area contributed by atoms with E-state index < -0.39 is 0 Å². The molecule has 2 aliphatic heterocycles. The summed E-state index contributed by atoms with van der Waals surface area (Å²) in [6, 6.07) is 0. The van der Waals surface area contributed by atoms with E-state index in [4.69, 9.17) is 0 Å². The van der Waals surface area contributed by atoms with Crippen LogP contribution >= 0.6 is 0 Å². The van der Waals surface area contributed by atoms with Crippen molar-refractivity contribution in [1.29, 1.82) is 0 Å². The van der Waals surface area contributed by atoms with Crippen LogP contribution in [0.4, 0.5) is 0 Å². The van der Waals surface area contributed by atoms with Crippen LogP contribution in [0.1, 0.15) is 46.0 Å². The molecule has 0 saturated carbocycles. The van der Waals surface area contributed by atoms with Gasteiger partial charge in [-0.1, -0.05) is 20.3 Å². The van der Waals surface area contributed by atoms with Crippen molar-refractivity contribution in [3.63, 3.8) is 0 Å². The van der Waals surface area contributed by atoms with Crippen LogP contribution in [0.3, 0.4) is 0 Å². The Balaban J connectivity index is 1.77. The SMILES string of the molecule is CCCN1CCC(C(=O)N2CCC(CC)C2)CC1. The minimum atomic E-state index is 0.314. The van der Waals surface area contributed by atoms with Crippen molar-refractivity contribution >= 4 is 5.91 Å². The van der Waals surface area contributed by atoms with Gasteiger partial charge in [-0.05, 0) is 51.2 Å². The highest BCUT2D eigenvalue weighted by molar-refractivity contribution is 5.79. The van der Waals surface area contributed by atoms with Crippen LogP contribution in [-0.2, 0) is 4.79 Å². The number of amides is 1. The van der Waals surface area contributed by atoms with Crippen LogP contribution in [0.2, 0.25) is 0 Å². The van der Waals surface area contributed by atoms with E-state index in [1.165, 1.54) is 25.8 Å². The third-order valence-corrected chi connectivity index (χ3v) is 4.65. The van der Waals surface area contributed by atoms with E-state index in [0.717, 1.165) is 44.9 Å². The molecule has 2 aliphatic rings. The molecule has 1 atom stereocenters. The predicted molar refractivity (Wildman–Crippen MR) is 74.4 cm³/mol. The van der Waals surface area contributed by atoms with Gasteiger partial charge in [0.25, 0.3) is 0 Å². The molecule has 0 aliphatic carbocycles. The van der Waals surface area contributed by atoms with Gasteiger partial charge in [-0.25, -0.2) is 0 Å². The summed E-state index contributed by atoms with van der Waals surface area (Å²) in [4.78, 5) is 17.1. The molecule has 1 amide bonds. The maximum absolute atomic E-state index is 12.4. The maximum Gasteiger partial charge on any atom is 0.225 e. The Hall–Kier alpha value is -0.570. The number of piperidine rings is 1. The number of carbonyl (C=O) groups is 1. The molecule has 1 unspecified atom stereocenters. The van der Waals surface area contributed by atoms with Crippen LogP contribution in [0.25, 0.3) is 0 Å². The largest absolute Gasteiger partial charge is 0.342 e. The summed E-state index contributed by atoms with van der Waals surface area (Å²) in [5, 5.41) is 0. The normalized spacial score (nSPS) is 26.8. The van der Waals surface area contributed by atoms with Crippen molar-refractivity contribution in [2.24, 2.45) is 11.8 Å². The van der Waals surface area contributed by atoms with Gasteiger partial charge in [-0.2, -0.15) is 0 Å². The first-order valence-corrected chi connectivity index (χ1v) is 7.75. The minimum absolute atomic E-state index is 0.314. The summed E-state index contributed by atoms with van der Waals surface area (Å²) >= 11 is 0. The average molecular weight is 252 g/mol. The molecule has 0 spiro atoms. The van der Waals surface area contributed by atoms with Gasteiger partial charge in [0, 0.05) is 19.0 Å². The van der Waals surface area contributed by atoms with Gasteiger partial charge in [0.15, 0.2) is 0 Å². The van der Waals surface area contributed by atoms with Gasteiger partial charge in [0.1, 0.15) is 0 Å². The Bertz CT molecular complexity index is 272. The second-order valence-corrected chi connectivity index (χ2v) is 5.96. The molecule has 0 bridgehead atoms. The van der Waals surface area contributed by atoms with E-state index in [9.17, 15) is 4.79 Å². The Morgan fingerprint density at radius 3 is 2.39 bits per heavy atom. The van der Waals surface area contributed by atoms with Crippen LogP contribution < -0.4 is 0 Å². The van der Waals surface area contributed by atoms with Gasteiger partial charge >= 0.3 is 0 Å². The summed E-state index contributed by atoms with van der Waals surface area (Å²) < 4.78 is 0. The molecule has 2 saturated heterocycles. The lowest BCUT2D eigenvalue weighted by Crippen LogP contribution is -2.42. The Labute approximate surface area is 112 Å². The Morgan fingerprint density at radius 2 is 1.83 bits per heavy atom. The van der Waals surface area contributed by atoms with Crippen molar-refractivity contribution in [3.05, 3.63) is 0 Å². The smallest absolute Gasteiger partial charge is 0.225 e. The highest BCUT2D eigenvalue weighted by Gasteiger charge is 2.31. The quantitative estimate of drug-likeness (QED) is 0.767. The predicted octanol–water partition coefficient (Wildman–Crippen LogP) is 2.37. The number of carbonyl (C=O) groups excluding carboxylic acids is 1. The van der Waals surface area contributed by atoms with Crippen LogP contribution in [-0.4, -0.2) is 48.4 Å². The van der Waals surface area contributed by atoms with Crippen molar-refractivity contribution in [1.82, 2.24) is 9.80 Å². The van der Waals surface area contributed by atoms with Gasteiger partial charge in [0.2, 0.25) is 5.91 Å². The molecule has 0 N–H and O–H groups in total. The van der Waals surface area contributed by atoms with Crippen LogP contribution in [0.15, 0.2) is 0 Å². The molecule has 2 rings (SSSR count). The summed E-state index contributed by atoms with van der Waals surface area (Å²) in [5.41, 5.74) is 0. The number of hydrogen-bond acceptors (Lipinski definition) is 2. The topological polar surface area (TPSA) is 23.6 Å². The summed E-state index contributed by atoms with van der Waals surface area (Å²) in [5.74, 6) is 1.52. The first kappa shape index (κ1) is 13.9. The van der Waals surface area contributed by atoms with Crippen molar-refractivity contribution in [3.8, 4) is 0 Å². The van der Waals surface area contributed by atoms with E-state index in [-0.39, 0.29) is 0 Å².